The van der Waals surface area contributed by atoms with Crippen LogP contribution in [0.1, 0.15) is 37.7 Å². The van der Waals surface area contributed by atoms with Gasteiger partial charge >= 0.3 is 0 Å². The number of halogens is 2. The van der Waals surface area contributed by atoms with Crippen LogP contribution in [0.15, 0.2) is 18.2 Å². The van der Waals surface area contributed by atoms with Crippen LogP contribution < -0.4 is 0 Å². The molecule has 106 valence electrons. The minimum atomic E-state index is -0.703. The first-order chi connectivity index (χ1) is 9.07. The average molecular weight is 287 g/mol. The fourth-order valence-electron chi connectivity index (χ4n) is 2.92. The van der Waals surface area contributed by atoms with Crippen molar-refractivity contribution >= 4 is 11.6 Å². The molecular formula is C15H20ClFO2. The molecule has 4 heteroatoms. The van der Waals surface area contributed by atoms with Crippen molar-refractivity contribution in [1.29, 1.82) is 0 Å². The minimum Gasteiger partial charge on any atom is -0.390 e. The summed E-state index contributed by atoms with van der Waals surface area (Å²) in [4.78, 5) is 0. The molecule has 0 radical (unpaired) electrons. The first kappa shape index (κ1) is 14.8. The van der Waals surface area contributed by atoms with Crippen LogP contribution in [-0.2, 0) is 11.2 Å². The smallest absolute Gasteiger partial charge is 0.126 e. The van der Waals surface area contributed by atoms with Gasteiger partial charge in [-0.15, -0.1) is 0 Å². The van der Waals surface area contributed by atoms with Crippen molar-refractivity contribution in [3.8, 4) is 0 Å². The van der Waals surface area contributed by atoms with Gasteiger partial charge in [0.1, 0.15) is 5.82 Å². The summed E-state index contributed by atoms with van der Waals surface area (Å²) in [6.45, 7) is 0. The van der Waals surface area contributed by atoms with Gasteiger partial charge in [-0.05, 0) is 36.6 Å². The Bertz CT molecular complexity index is 430. The van der Waals surface area contributed by atoms with Gasteiger partial charge in [0.15, 0.2) is 0 Å². The molecule has 2 nitrogen and oxygen atoms in total. The predicted molar refractivity (Wildman–Crippen MR) is 73.9 cm³/mol. The van der Waals surface area contributed by atoms with Crippen molar-refractivity contribution in [1.82, 2.24) is 0 Å². The molecule has 0 heterocycles. The largest absolute Gasteiger partial charge is 0.390 e. The maximum absolute atomic E-state index is 13.7. The van der Waals surface area contributed by atoms with Crippen LogP contribution in [0.2, 0.25) is 5.02 Å². The van der Waals surface area contributed by atoms with Crippen LogP contribution in [-0.4, -0.2) is 23.9 Å². The van der Waals surface area contributed by atoms with E-state index >= 15 is 0 Å². The summed E-state index contributed by atoms with van der Waals surface area (Å²) in [6.07, 6.45) is 4.44. The Morgan fingerprint density at radius 2 is 2.05 bits per heavy atom. The Kier molecular flexibility index (Phi) is 4.82. The van der Waals surface area contributed by atoms with Crippen LogP contribution in [0.5, 0.6) is 0 Å². The van der Waals surface area contributed by atoms with Gasteiger partial charge in [0, 0.05) is 18.6 Å². The van der Waals surface area contributed by atoms with Crippen molar-refractivity contribution in [2.75, 3.05) is 7.11 Å². The number of aliphatic hydroxyl groups excluding tert-OH is 1. The van der Waals surface area contributed by atoms with Crippen molar-refractivity contribution < 1.29 is 14.2 Å². The lowest BCUT2D eigenvalue weighted by molar-refractivity contribution is -0.122. The third-order valence-electron chi connectivity index (χ3n) is 4.13. The van der Waals surface area contributed by atoms with E-state index in [1.54, 1.807) is 13.2 Å². The first-order valence-electron chi connectivity index (χ1n) is 6.74. The van der Waals surface area contributed by atoms with E-state index in [1.165, 1.54) is 18.6 Å². The zero-order valence-electron chi connectivity index (χ0n) is 11.2. The van der Waals surface area contributed by atoms with Crippen LogP contribution in [0, 0.1) is 5.82 Å². The molecule has 1 unspecified atom stereocenters. The lowest BCUT2D eigenvalue weighted by Crippen LogP contribution is -2.47. The summed E-state index contributed by atoms with van der Waals surface area (Å²) in [5, 5.41) is 10.9. The molecule has 0 spiro atoms. The number of aliphatic hydroxyl groups is 1. The maximum atomic E-state index is 13.7. The van der Waals surface area contributed by atoms with Gasteiger partial charge in [0.25, 0.3) is 0 Å². The molecule has 1 fully saturated rings. The van der Waals surface area contributed by atoms with E-state index in [0.29, 0.717) is 10.6 Å². The summed E-state index contributed by atoms with van der Waals surface area (Å²) in [5.74, 6) is -0.328. The van der Waals surface area contributed by atoms with Crippen molar-refractivity contribution in [2.24, 2.45) is 0 Å². The molecule has 1 atom stereocenters. The molecule has 1 aliphatic rings. The van der Waals surface area contributed by atoms with E-state index < -0.39 is 11.7 Å². The Morgan fingerprint density at radius 3 is 2.68 bits per heavy atom. The number of ether oxygens (including phenoxy) is 1. The molecule has 0 amide bonds. The second kappa shape index (κ2) is 6.21. The summed E-state index contributed by atoms with van der Waals surface area (Å²) >= 11 is 5.88. The molecular weight excluding hydrogens is 267 g/mol. The van der Waals surface area contributed by atoms with E-state index in [2.05, 4.69) is 0 Å². The van der Waals surface area contributed by atoms with Crippen LogP contribution >= 0.6 is 11.6 Å². The summed E-state index contributed by atoms with van der Waals surface area (Å²) in [7, 11) is 1.63. The van der Waals surface area contributed by atoms with E-state index in [4.69, 9.17) is 16.3 Å². The third kappa shape index (κ3) is 3.28. The Balaban J connectivity index is 2.14. The van der Waals surface area contributed by atoms with Gasteiger partial charge in [-0.2, -0.15) is 0 Å². The van der Waals surface area contributed by atoms with E-state index in [9.17, 15) is 9.50 Å². The monoisotopic (exact) mass is 286 g/mol. The molecule has 0 saturated heterocycles. The molecule has 0 aliphatic heterocycles. The Morgan fingerprint density at radius 1 is 1.37 bits per heavy atom. The lowest BCUT2D eigenvalue weighted by atomic mass is 9.78. The third-order valence-corrected chi connectivity index (χ3v) is 4.37. The van der Waals surface area contributed by atoms with Crippen LogP contribution in [0.3, 0.4) is 0 Å². The molecule has 1 aliphatic carbocycles. The Labute approximate surface area is 118 Å². The SMILES string of the molecule is COC1(C(O)Cc2cc(Cl)ccc2F)CCCCC1. The highest BCUT2D eigenvalue weighted by atomic mass is 35.5. The highest BCUT2D eigenvalue weighted by molar-refractivity contribution is 6.30. The highest BCUT2D eigenvalue weighted by Gasteiger charge is 2.39. The molecule has 0 aromatic heterocycles. The van der Waals surface area contributed by atoms with Gasteiger partial charge < -0.3 is 9.84 Å². The zero-order chi connectivity index (χ0) is 13.9. The van der Waals surface area contributed by atoms with Gasteiger partial charge in [-0.1, -0.05) is 30.9 Å². The van der Waals surface area contributed by atoms with E-state index in [0.717, 1.165) is 25.7 Å². The number of benzene rings is 1. The zero-order valence-corrected chi connectivity index (χ0v) is 11.9. The lowest BCUT2D eigenvalue weighted by Gasteiger charge is -2.40. The maximum Gasteiger partial charge on any atom is 0.126 e. The van der Waals surface area contributed by atoms with Crippen molar-refractivity contribution in [3.63, 3.8) is 0 Å². The van der Waals surface area contributed by atoms with Gasteiger partial charge in [0.05, 0.1) is 11.7 Å². The molecule has 0 bridgehead atoms. The number of methoxy groups -OCH3 is 1. The fourth-order valence-corrected chi connectivity index (χ4v) is 3.11. The summed E-state index contributed by atoms with van der Waals surface area (Å²) in [5.41, 5.74) is -0.0884. The topological polar surface area (TPSA) is 29.5 Å². The van der Waals surface area contributed by atoms with E-state index in [-0.39, 0.29) is 12.2 Å². The summed E-state index contributed by atoms with van der Waals surface area (Å²) < 4.78 is 19.3. The van der Waals surface area contributed by atoms with E-state index in [1.807, 2.05) is 0 Å². The second-order valence-corrected chi connectivity index (χ2v) is 5.72. The molecule has 1 aromatic carbocycles. The molecule has 1 saturated carbocycles. The van der Waals surface area contributed by atoms with Gasteiger partial charge in [-0.3, -0.25) is 0 Å². The normalized spacial score (nSPS) is 20.2. The van der Waals surface area contributed by atoms with Crippen LogP contribution in [0.4, 0.5) is 4.39 Å². The molecule has 19 heavy (non-hydrogen) atoms. The fraction of sp³-hybridized carbons (Fsp3) is 0.600. The average Bonchev–Trinajstić information content (AvgIpc) is 2.43. The molecule has 2 rings (SSSR count). The van der Waals surface area contributed by atoms with Crippen molar-refractivity contribution in [2.45, 2.75) is 50.2 Å². The minimum absolute atomic E-state index is 0.236. The van der Waals surface area contributed by atoms with Crippen molar-refractivity contribution in [3.05, 3.63) is 34.6 Å². The van der Waals surface area contributed by atoms with Crippen LogP contribution in [0.25, 0.3) is 0 Å². The summed E-state index contributed by atoms with van der Waals surface area (Å²) in [6, 6.07) is 4.43. The Hall–Kier alpha value is -0.640. The molecule has 1 N–H and O–H groups in total. The predicted octanol–water partition coefficient (Wildman–Crippen LogP) is 3.73. The highest BCUT2D eigenvalue weighted by Crippen LogP contribution is 2.35. The van der Waals surface area contributed by atoms with Gasteiger partial charge in [0.2, 0.25) is 0 Å². The van der Waals surface area contributed by atoms with Gasteiger partial charge in [-0.25, -0.2) is 4.39 Å². The standard InChI is InChI=1S/C15H20ClFO2/c1-19-15(7-3-2-4-8-15)14(18)10-11-9-12(16)5-6-13(11)17/h5-6,9,14,18H,2-4,7-8,10H2,1H3. The number of rotatable bonds is 4. The first-order valence-corrected chi connectivity index (χ1v) is 7.12. The second-order valence-electron chi connectivity index (χ2n) is 5.29. The number of hydrogen-bond donors (Lipinski definition) is 1. The number of hydrogen-bond acceptors (Lipinski definition) is 2. The quantitative estimate of drug-likeness (QED) is 0.914. The molecule has 1 aromatic rings.